The van der Waals surface area contributed by atoms with Gasteiger partial charge in [0.15, 0.2) is 0 Å². The lowest BCUT2D eigenvalue weighted by atomic mass is 10.1. The van der Waals surface area contributed by atoms with E-state index in [1.54, 1.807) is 17.8 Å². The Kier molecular flexibility index (Phi) is 6.24. The highest BCUT2D eigenvalue weighted by molar-refractivity contribution is 7.98. The third-order valence-corrected chi connectivity index (χ3v) is 4.40. The molecule has 0 saturated heterocycles. The van der Waals surface area contributed by atoms with Crippen molar-refractivity contribution in [2.75, 3.05) is 12.8 Å². The molecule has 0 spiro atoms. The zero-order valence-corrected chi connectivity index (χ0v) is 13.7. The highest BCUT2D eigenvalue weighted by Crippen LogP contribution is 2.21. The summed E-state index contributed by atoms with van der Waals surface area (Å²) in [7, 11) is 0. The van der Waals surface area contributed by atoms with Crippen LogP contribution < -0.4 is 5.32 Å². The fraction of sp³-hybridized carbons (Fsp3) is 0.250. The first-order chi connectivity index (χ1) is 9.69. The van der Waals surface area contributed by atoms with Gasteiger partial charge in [-0.25, -0.2) is 0 Å². The van der Waals surface area contributed by atoms with E-state index in [0.29, 0.717) is 5.02 Å². The first-order valence-electron chi connectivity index (χ1n) is 6.46. The Hall–Kier alpha value is -0.670. The minimum atomic E-state index is 0.681. The predicted molar refractivity (Wildman–Crippen MR) is 90.1 cm³/mol. The van der Waals surface area contributed by atoms with Gasteiger partial charge in [0.25, 0.3) is 0 Å². The standard InChI is InChI=1S/C16H17Cl2NS/c1-20-15-6-2-12(3-7-15)11-19-9-8-13-4-5-14(17)10-16(13)18/h2-7,10,19H,8-9,11H2,1H3. The highest BCUT2D eigenvalue weighted by Gasteiger charge is 2.01. The Balaban J connectivity index is 1.78. The summed E-state index contributed by atoms with van der Waals surface area (Å²) in [6.45, 7) is 1.77. The van der Waals surface area contributed by atoms with Crippen molar-refractivity contribution in [2.24, 2.45) is 0 Å². The summed E-state index contributed by atoms with van der Waals surface area (Å²) in [5.41, 5.74) is 2.42. The average molecular weight is 326 g/mol. The molecule has 0 aliphatic heterocycles. The van der Waals surface area contributed by atoms with E-state index >= 15 is 0 Å². The van der Waals surface area contributed by atoms with Crippen LogP contribution in [0.25, 0.3) is 0 Å². The molecule has 0 unspecified atom stereocenters. The quantitative estimate of drug-likeness (QED) is 0.589. The molecule has 20 heavy (non-hydrogen) atoms. The van der Waals surface area contributed by atoms with Crippen LogP contribution in [0.4, 0.5) is 0 Å². The Morgan fingerprint density at radius 3 is 2.45 bits per heavy atom. The summed E-state index contributed by atoms with van der Waals surface area (Å²) in [6, 6.07) is 14.3. The summed E-state index contributed by atoms with van der Waals surface area (Å²) < 4.78 is 0. The second-order valence-corrected chi connectivity index (χ2v) is 6.23. The number of rotatable bonds is 6. The molecule has 2 aromatic rings. The van der Waals surface area contributed by atoms with Gasteiger partial charge in [0.05, 0.1) is 0 Å². The van der Waals surface area contributed by atoms with Gasteiger partial charge in [-0.3, -0.25) is 0 Å². The number of nitrogens with one attached hydrogen (secondary N) is 1. The van der Waals surface area contributed by atoms with Crippen LogP contribution in [0, 0.1) is 0 Å². The van der Waals surface area contributed by atoms with E-state index in [9.17, 15) is 0 Å². The molecule has 0 amide bonds. The van der Waals surface area contributed by atoms with Crippen molar-refractivity contribution in [3.05, 3.63) is 63.6 Å². The van der Waals surface area contributed by atoms with E-state index in [0.717, 1.165) is 30.1 Å². The van der Waals surface area contributed by atoms with Crippen molar-refractivity contribution in [3.8, 4) is 0 Å². The average Bonchev–Trinajstić information content (AvgIpc) is 2.46. The van der Waals surface area contributed by atoms with E-state index in [2.05, 4.69) is 35.8 Å². The molecule has 106 valence electrons. The molecular weight excluding hydrogens is 309 g/mol. The van der Waals surface area contributed by atoms with Crippen molar-refractivity contribution in [1.29, 1.82) is 0 Å². The smallest absolute Gasteiger partial charge is 0.0453 e. The highest BCUT2D eigenvalue weighted by atomic mass is 35.5. The van der Waals surface area contributed by atoms with Gasteiger partial charge in [-0.2, -0.15) is 0 Å². The van der Waals surface area contributed by atoms with Crippen LogP contribution >= 0.6 is 35.0 Å². The minimum absolute atomic E-state index is 0.681. The second kappa shape index (κ2) is 7.94. The summed E-state index contributed by atoms with van der Waals surface area (Å²) in [4.78, 5) is 1.29. The van der Waals surface area contributed by atoms with Crippen molar-refractivity contribution in [3.63, 3.8) is 0 Å². The lowest BCUT2D eigenvalue weighted by molar-refractivity contribution is 0.687. The molecule has 1 nitrogen and oxygen atoms in total. The van der Waals surface area contributed by atoms with E-state index in [1.165, 1.54) is 10.5 Å². The van der Waals surface area contributed by atoms with E-state index in [-0.39, 0.29) is 0 Å². The Morgan fingerprint density at radius 1 is 1.05 bits per heavy atom. The summed E-state index contributed by atoms with van der Waals surface area (Å²) in [6.07, 6.45) is 2.99. The molecule has 4 heteroatoms. The molecule has 2 aromatic carbocycles. The SMILES string of the molecule is CSc1ccc(CNCCc2ccc(Cl)cc2Cl)cc1. The van der Waals surface area contributed by atoms with Crippen molar-refractivity contribution < 1.29 is 0 Å². The fourth-order valence-corrected chi connectivity index (χ4v) is 2.83. The zero-order chi connectivity index (χ0) is 14.4. The maximum Gasteiger partial charge on any atom is 0.0453 e. The van der Waals surface area contributed by atoms with Crippen molar-refractivity contribution in [2.45, 2.75) is 17.9 Å². The van der Waals surface area contributed by atoms with Gasteiger partial charge in [-0.05, 0) is 54.6 Å². The molecule has 0 aromatic heterocycles. The predicted octanol–water partition coefficient (Wildman–Crippen LogP) is 5.05. The lowest BCUT2D eigenvalue weighted by Gasteiger charge is -2.07. The van der Waals surface area contributed by atoms with Crippen LogP contribution in [0.3, 0.4) is 0 Å². The lowest BCUT2D eigenvalue weighted by Crippen LogP contribution is -2.16. The summed E-state index contributed by atoms with van der Waals surface area (Å²) in [5.74, 6) is 0. The third-order valence-electron chi connectivity index (χ3n) is 3.07. The van der Waals surface area contributed by atoms with Gasteiger partial charge < -0.3 is 5.32 Å². The monoisotopic (exact) mass is 325 g/mol. The molecule has 0 radical (unpaired) electrons. The summed E-state index contributed by atoms with van der Waals surface area (Å²) in [5, 5.41) is 4.85. The van der Waals surface area contributed by atoms with Crippen LogP contribution in [0.1, 0.15) is 11.1 Å². The van der Waals surface area contributed by atoms with E-state index in [4.69, 9.17) is 23.2 Å². The number of thioether (sulfide) groups is 1. The molecule has 0 aliphatic carbocycles. The Morgan fingerprint density at radius 2 is 1.80 bits per heavy atom. The van der Waals surface area contributed by atoms with Gasteiger partial charge in [0, 0.05) is 21.5 Å². The molecule has 0 bridgehead atoms. The zero-order valence-electron chi connectivity index (χ0n) is 11.3. The maximum atomic E-state index is 6.14. The second-order valence-electron chi connectivity index (χ2n) is 4.51. The number of hydrogen-bond donors (Lipinski definition) is 1. The van der Waals surface area contributed by atoms with Gasteiger partial charge in [-0.15, -0.1) is 11.8 Å². The largest absolute Gasteiger partial charge is 0.312 e. The van der Waals surface area contributed by atoms with Crippen LogP contribution in [-0.4, -0.2) is 12.8 Å². The van der Waals surface area contributed by atoms with Crippen molar-refractivity contribution in [1.82, 2.24) is 5.32 Å². The van der Waals surface area contributed by atoms with E-state index < -0.39 is 0 Å². The molecule has 0 saturated carbocycles. The van der Waals surface area contributed by atoms with Crippen LogP contribution in [-0.2, 0) is 13.0 Å². The number of benzene rings is 2. The van der Waals surface area contributed by atoms with Crippen LogP contribution in [0.15, 0.2) is 47.4 Å². The first-order valence-corrected chi connectivity index (χ1v) is 8.44. The first kappa shape index (κ1) is 15.7. The Bertz CT molecular complexity index is 555. The summed E-state index contributed by atoms with van der Waals surface area (Å²) >= 11 is 13.8. The molecule has 0 heterocycles. The molecule has 1 N–H and O–H groups in total. The van der Waals surface area contributed by atoms with Gasteiger partial charge in [-0.1, -0.05) is 41.4 Å². The van der Waals surface area contributed by atoms with Gasteiger partial charge in [0.2, 0.25) is 0 Å². The molecule has 0 fully saturated rings. The van der Waals surface area contributed by atoms with Crippen molar-refractivity contribution >= 4 is 35.0 Å². The number of hydrogen-bond acceptors (Lipinski definition) is 2. The normalized spacial score (nSPS) is 10.8. The minimum Gasteiger partial charge on any atom is -0.312 e. The fourth-order valence-electron chi connectivity index (χ4n) is 1.92. The molecule has 0 aliphatic rings. The van der Waals surface area contributed by atoms with Crippen LogP contribution in [0.5, 0.6) is 0 Å². The molecule has 2 rings (SSSR count). The molecular formula is C16H17Cl2NS. The third kappa shape index (κ3) is 4.71. The maximum absolute atomic E-state index is 6.14. The Labute approximate surface area is 134 Å². The van der Waals surface area contributed by atoms with E-state index in [1.807, 2.05) is 12.1 Å². The van der Waals surface area contributed by atoms with Gasteiger partial charge in [0.1, 0.15) is 0 Å². The van der Waals surface area contributed by atoms with Crippen LogP contribution in [0.2, 0.25) is 10.0 Å². The molecule has 0 atom stereocenters. The van der Waals surface area contributed by atoms with Gasteiger partial charge >= 0.3 is 0 Å². The number of halogens is 2. The topological polar surface area (TPSA) is 12.0 Å².